The van der Waals surface area contributed by atoms with Crippen molar-refractivity contribution < 1.29 is 5.11 Å². The van der Waals surface area contributed by atoms with E-state index in [-0.39, 0.29) is 0 Å². The van der Waals surface area contributed by atoms with Crippen LogP contribution in [0, 0.1) is 0 Å². The van der Waals surface area contributed by atoms with Gasteiger partial charge in [0.15, 0.2) is 0 Å². The zero-order valence-electron chi connectivity index (χ0n) is 8.49. The first kappa shape index (κ1) is 11.4. The van der Waals surface area contributed by atoms with E-state index in [1.54, 1.807) is 0 Å². The van der Waals surface area contributed by atoms with Crippen molar-refractivity contribution in [2.45, 2.75) is 37.5 Å². The second-order valence-corrected chi connectivity index (χ2v) is 4.01. The van der Waals surface area contributed by atoms with Gasteiger partial charge in [-0.1, -0.05) is 31.9 Å². The Morgan fingerprint density at radius 1 is 1.36 bits per heavy atom. The van der Waals surface area contributed by atoms with E-state index in [9.17, 15) is 5.11 Å². The van der Waals surface area contributed by atoms with Gasteiger partial charge in [0.05, 0.1) is 4.90 Å². The van der Waals surface area contributed by atoms with Gasteiger partial charge in [-0.05, 0) is 36.4 Å². The van der Waals surface area contributed by atoms with Gasteiger partial charge in [0.1, 0.15) is 5.75 Å². The highest BCUT2D eigenvalue weighted by Gasteiger charge is 2.05. The third-order valence-electron chi connectivity index (χ3n) is 2.26. The fourth-order valence-electron chi connectivity index (χ4n) is 1.43. The molecule has 0 aromatic heterocycles. The smallest absolute Gasteiger partial charge is 0.133 e. The van der Waals surface area contributed by atoms with E-state index in [0.29, 0.717) is 5.75 Å². The second-order valence-electron chi connectivity index (χ2n) is 3.34. The lowest BCUT2D eigenvalue weighted by Gasteiger charge is -2.06. The molecule has 0 aliphatic carbocycles. The molecule has 0 aliphatic rings. The predicted molar refractivity (Wildman–Crippen MR) is 61.4 cm³/mol. The number of hydrogen-bond acceptors (Lipinski definition) is 3. The molecule has 0 unspecified atom stereocenters. The van der Waals surface area contributed by atoms with Crippen molar-refractivity contribution in [2.75, 3.05) is 0 Å². The summed E-state index contributed by atoms with van der Waals surface area (Å²) >= 11 is 1.10. The van der Waals surface area contributed by atoms with E-state index in [0.717, 1.165) is 35.2 Å². The fourth-order valence-corrected chi connectivity index (χ4v) is 1.83. The number of aryl methyl sites for hydroxylation is 1. The standard InChI is InChI=1S/C11H17NOS/c1-2-3-4-6-9-7-5-8-10(14-12)11(9)13/h5,7-8,13H,2-4,6,12H2,1H3. The first-order valence-corrected chi connectivity index (χ1v) is 5.85. The lowest BCUT2D eigenvalue weighted by molar-refractivity contribution is 0.453. The van der Waals surface area contributed by atoms with Gasteiger partial charge in [0.25, 0.3) is 0 Å². The zero-order valence-corrected chi connectivity index (χ0v) is 9.31. The minimum Gasteiger partial charge on any atom is -0.506 e. The van der Waals surface area contributed by atoms with E-state index < -0.39 is 0 Å². The van der Waals surface area contributed by atoms with Gasteiger partial charge in [0.2, 0.25) is 0 Å². The van der Waals surface area contributed by atoms with E-state index in [4.69, 9.17) is 5.14 Å². The minimum absolute atomic E-state index is 0.358. The average molecular weight is 211 g/mol. The summed E-state index contributed by atoms with van der Waals surface area (Å²) in [5.74, 6) is 0.358. The van der Waals surface area contributed by atoms with Crippen LogP contribution < -0.4 is 5.14 Å². The maximum Gasteiger partial charge on any atom is 0.133 e. The van der Waals surface area contributed by atoms with Crippen LogP contribution in [0.25, 0.3) is 0 Å². The molecule has 1 aromatic rings. The lowest BCUT2D eigenvalue weighted by atomic mass is 10.1. The highest BCUT2D eigenvalue weighted by molar-refractivity contribution is 7.97. The Hall–Kier alpha value is -0.670. The Morgan fingerprint density at radius 2 is 2.14 bits per heavy atom. The Bertz CT molecular complexity index is 289. The summed E-state index contributed by atoms with van der Waals surface area (Å²) < 4.78 is 0. The maximum atomic E-state index is 9.79. The van der Waals surface area contributed by atoms with Crippen LogP contribution in [-0.2, 0) is 6.42 Å². The largest absolute Gasteiger partial charge is 0.506 e. The van der Waals surface area contributed by atoms with E-state index in [2.05, 4.69) is 6.92 Å². The minimum atomic E-state index is 0.358. The number of phenolic OH excluding ortho intramolecular Hbond substituents is 1. The molecule has 0 atom stereocenters. The van der Waals surface area contributed by atoms with Crippen molar-refractivity contribution in [3.8, 4) is 5.75 Å². The van der Waals surface area contributed by atoms with Crippen LogP contribution in [0.4, 0.5) is 0 Å². The number of aromatic hydroxyl groups is 1. The summed E-state index contributed by atoms with van der Waals surface area (Å²) in [6.07, 6.45) is 4.47. The molecule has 0 saturated heterocycles. The summed E-state index contributed by atoms with van der Waals surface area (Å²) in [6, 6.07) is 5.74. The molecule has 3 N–H and O–H groups in total. The van der Waals surface area contributed by atoms with Crippen molar-refractivity contribution in [1.29, 1.82) is 0 Å². The third kappa shape index (κ3) is 2.93. The number of benzene rings is 1. The quantitative estimate of drug-likeness (QED) is 0.581. The number of phenols is 1. The van der Waals surface area contributed by atoms with E-state index in [1.165, 1.54) is 12.8 Å². The van der Waals surface area contributed by atoms with Gasteiger partial charge >= 0.3 is 0 Å². The highest BCUT2D eigenvalue weighted by Crippen LogP contribution is 2.29. The SMILES string of the molecule is CCCCCc1cccc(SN)c1O. The van der Waals surface area contributed by atoms with Crippen LogP contribution in [-0.4, -0.2) is 5.11 Å². The number of hydrogen-bond donors (Lipinski definition) is 2. The Balaban J connectivity index is 2.66. The number of nitrogens with two attached hydrogens (primary N) is 1. The van der Waals surface area contributed by atoms with Crippen LogP contribution in [0.3, 0.4) is 0 Å². The highest BCUT2D eigenvalue weighted by atomic mass is 32.2. The summed E-state index contributed by atoms with van der Waals surface area (Å²) in [6.45, 7) is 2.17. The molecule has 0 radical (unpaired) electrons. The van der Waals surface area contributed by atoms with Gasteiger partial charge in [-0.25, -0.2) is 0 Å². The number of para-hydroxylation sites is 1. The molecule has 2 nitrogen and oxygen atoms in total. The molecule has 0 spiro atoms. The van der Waals surface area contributed by atoms with Crippen molar-refractivity contribution in [1.82, 2.24) is 0 Å². The van der Waals surface area contributed by atoms with Crippen LogP contribution in [0.5, 0.6) is 5.75 Å². The topological polar surface area (TPSA) is 46.2 Å². The van der Waals surface area contributed by atoms with Gasteiger partial charge < -0.3 is 5.11 Å². The van der Waals surface area contributed by atoms with Gasteiger partial charge in [-0.3, -0.25) is 5.14 Å². The first-order valence-electron chi connectivity index (χ1n) is 4.97. The number of unbranched alkanes of at least 4 members (excludes halogenated alkanes) is 2. The molecule has 0 heterocycles. The molecule has 0 saturated carbocycles. The molecule has 0 amide bonds. The van der Waals surface area contributed by atoms with Crippen molar-refractivity contribution in [3.63, 3.8) is 0 Å². The van der Waals surface area contributed by atoms with Crippen LogP contribution >= 0.6 is 11.9 Å². The van der Waals surface area contributed by atoms with Crippen molar-refractivity contribution in [2.24, 2.45) is 5.14 Å². The molecule has 0 bridgehead atoms. The molecule has 0 fully saturated rings. The second kappa shape index (κ2) is 5.94. The van der Waals surface area contributed by atoms with Crippen LogP contribution in [0.2, 0.25) is 0 Å². The van der Waals surface area contributed by atoms with Crippen LogP contribution in [0.1, 0.15) is 31.7 Å². The molecule has 0 aliphatic heterocycles. The normalized spacial score (nSPS) is 10.4. The first-order chi connectivity index (χ1) is 6.79. The summed E-state index contributed by atoms with van der Waals surface area (Å²) in [5, 5.41) is 15.2. The fraction of sp³-hybridized carbons (Fsp3) is 0.455. The molecule has 1 aromatic carbocycles. The zero-order chi connectivity index (χ0) is 10.4. The lowest BCUT2D eigenvalue weighted by Crippen LogP contribution is -1.89. The monoisotopic (exact) mass is 211 g/mol. The molecule has 14 heavy (non-hydrogen) atoms. The van der Waals surface area contributed by atoms with E-state index >= 15 is 0 Å². The van der Waals surface area contributed by atoms with Crippen LogP contribution in [0.15, 0.2) is 23.1 Å². The Kier molecular flexibility index (Phi) is 4.84. The summed E-state index contributed by atoms with van der Waals surface area (Å²) in [4.78, 5) is 0.763. The molecule has 3 heteroatoms. The maximum absolute atomic E-state index is 9.79. The van der Waals surface area contributed by atoms with E-state index in [1.807, 2.05) is 18.2 Å². The van der Waals surface area contributed by atoms with Crippen molar-refractivity contribution >= 4 is 11.9 Å². The average Bonchev–Trinajstić information content (AvgIpc) is 2.21. The Morgan fingerprint density at radius 3 is 2.79 bits per heavy atom. The summed E-state index contributed by atoms with van der Waals surface area (Å²) in [7, 11) is 0. The van der Waals surface area contributed by atoms with Gasteiger partial charge in [0, 0.05) is 0 Å². The Labute approximate surface area is 89.6 Å². The van der Waals surface area contributed by atoms with Gasteiger partial charge in [-0.2, -0.15) is 0 Å². The molecular weight excluding hydrogens is 194 g/mol. The molecule has 1 rings (SSSR count). The third-order valence-corrected chi connectivity index (χ3v) is 2.84. The molecular formula is C11H17NOS. The predicted octanol–water partition coefficient (Wildman–Crippen LogP) is 3.09. The number of rotatable bonds is 5. The summed E-state index contributed by atoms with van der Waals surface area (Å²) in [5.41, 5.74) is 1.01. The van der Waals surface area contributed by atoms with Gasteiger partial charge in [-0.15, -0.1) is 0 Å². The molecule has 78 valence electrons. The van der Waals surface area contributed by atoms with Crippen molar-refractivity contribution in [3.05, 3.63) is 23.8 Å².